The minimum atomic E-state index is 0.727. The molecule has 0 spiro atoms. The number of nitrogens with one attached hydrogen (secondary N) is 1. The highest BCUT2D eigenvalue weighted by Gasteiger charge is 2.15. The van der Waals surface area contributed by atoms with Crippen LogP contribution in [-0.4, -0.2) is 27.1 Å². The van der Waals surface area contributed by atoms with E-state index in [1.54, 1.807) is 6.33 Å². The number of H-pyrrole nitrogens is 1. The number of hydrogen-bond acceptors (Lipinski definition) is 4. The van der Waals surface area contributed by atoms with E-state index in [-0.39, 0.29) is 0 Å². The molecule has 0 atom stereocenters. The molecule has 5 nitrogen and oxygen atoms in total. The van der Waals surface area contributed by atoms with Gasteiger partial charge in [-0.3, -0.25) is 0 Å². The zero-order valence-electron chi connectivity index (χ0n) is 10.5. The van der Waals surface area contributed by atoms with Gasteiger partial charge in [0.05, 0.1) is 12.0 Å². The maximum absolute atomic E-state index is 4.48. The Morgan fingerprint density at radius 1 is 1.35 bits per heavy atom. The number of nitrogens with zero attached hydrogens (tertiary/aromatic N) is 4. The zero-order valence-corrected chi connectivity index (χ0v) is 10.5. The highest BCUT2D eigenvalue weighted by Crippen LogP contribution is 2.21. The van der Waals surface area contributed by atoms with E-state index in [0.717, 1.165) is 47.9 Å². The lowest BCUT2D eigenvalue weighted by atomic mass is 10.1. The first-order chi connectivity index (χ1) is 8.16. The second-order valence-corrected chi connectivity index (χ2v) is 4.40. The molecule has 2 rings (SSSR count). The lowest BCUT2D eigenvalue weighted by Crippen LogP contribution is -2.06. The fourth-order valence-corrected chi connectivity index (χ4v) is 1.72. The van der Waals surface area contributed by atoms with Gasteiger partial charge in [-0.25, -0.2) is 9.98 Å². The van der Waals surface area contributed by atoms with Gasteiger partial charge in [0.15, 0.2) is 5.82 Å². The van der Waals surface area contributed by atoms with E-state index >= 15 is 0 Å². The summed E-state index contributed by atoms with van der Waals surface area (Å²) < 4.78 is 0. The Labute approximate surface area is 101 Å². The van der Waals surface area contributed by atoms with Crippen LogP contribution in [0.1, 0.15) is 45.7 Å². The van der Waals surface area contributed by atoms with Crippen molar-refractivity contribution in [1.82, 2.24) is 9.97 Å². The molecule has 1 aromatic rings. The van der Waals surface area contributed by atoms with Crippen LogP contribution in [0.25, 0.3) is 0 Å². The predicted octanol–water partition coefficient (Wildman–Crippen LogP) is 2.87. The summed E-state index contributed by atoms with van der Waals surface area (Å²) in [4.78, 5) is 11.8. The van der Waals surface area contributed by atoms with Crippen molar-refractivity contribution >= 4 is 23.0 Å². The van der Waals surface area contributed by atoms with Crippen LogP contribution in [0.4, 0.5) is 5.82 Å². The molecule has 1 aliphatic heterocycles. The summed E-state index contributed by atoms with van der Waals surface area (Å²) in [7, 11) is 0. The summed E-state index contributed by atoms with van der Waals surface area (Å²) in [5.74, 6) is 0.727. The minimum absolute atomic E-state index is 0.727. The van der Waals surface area contributed by atoms with Crippen molar-refractivity contribution in [3.63, 3.8) is 0 Å². The fourth-order valence-electron chi connectivity index (χ4n) is 1.72. The van der Waals surface area contributed by atoms with Gasteiger partial charge in [0.25, 0.3) is 0 Å². The largest absolute Gasteiger partial charge is 0.342 e. The van der Waals surface area contributed by atoms with Crippen molar-refractivity contribution in [2.75, 3.05) is 0 Å². The van der Waals surface area contributed by atoms with Gasteiger partial charge >= 0.3 is 0 Å². The molecule has 5 heteroatoms. The maximum atomic E-state index is 4.48. The number of aromatic nitrogens is 2. The summed E-state index contributed by atoms with van der Waals surface area (Å²) in [6.45, 7) is 5.90. The molecule has 0 aliphatic carbocycles. The Kier molecular flexibility index (Phi) is 3.46. The quantitative estimate of drug-likeness (QED) is 0.586. The molecule has 17 heavy (non-hydrogen) atoms. The average Bonchev–Trinajstić information content (AvgIpc) is 2.67. The van der Waals surface area contributed by atoms with Gasteiger partial charge in [-0.2, -0.15) is 10.2 Å². The molecule has 0 amide bonds. The first-order valence-electron chi connectivity index (χ1n) is 5.82. The monoisotopic (exact) mass is 231 g/mol. The van der Waals surface area contributed by atoms with Gasteiger partial charge < -0.3 is 4.98 Å². The predicted molar refractivity (Wildman–Crippen MR) is 70.5 cm³/mol. The van der Waals surface area contributed by atoms with Crippen LogP contribution < -0.4 is 0 Å². The molecule has 0 saturated heterocycles. The lowest BCUT2D eigenvalue weighted by molar-refractivity contribution is 0.903. The van der Waals surface area contributed by atoms with Crippen molar-refractivity contribution in [3.05, 3.63) is 12.0 Å². The SMILES string of the molecule is CC(C)=N/N=C1\CCCC(C)=Nc2nc[nH]c21. The molecular weight excluding hydrogens is 214 g/mol. The number of rotatable bonds is 1. The molecule has 0 bridgehead atoms. The number of aliphatic imine (C=N–C) groups is 1. The molecular formula is C12H17N5. The van der Waals surface area contributed by atoms with E-state index < -0.39 is 0 Å². The van der Waals surface area contributed by atoms with Crippen molar-refractivity contribution in [2.24, 2.45) is 15.2 Å². The number of fused-ring (bicyclic) bond motifs is 1. The molecule has 1 aliphatic rings. The van der Waals surface area contributed by atoms with E-state index in [9.17, 15) is 0 Å². The Morgan fingerprint density at radius 2 is 2.18 bits per heavy atom. The van der Waals surface area contributed by atoms with Crippen LogP contribution in [-0.2, 0) is 0 Å². The van der Waals surface area contributed by atoms with Gasteiger partial charge in [-0.1, -0.05) is 0 Å². The Hall–Kier alpha value is -1.78. The molecule has 1 aromatic heterocycles. The van der Waals surface area contributed by atoms with Crippen LogP contribution >= 0.6 is 0 Å². The van der Waals surface area contributed by atoms with Crippen molar-refractivity contribution < 1.29 is 0 Å². The van der Waals surface area contributed by atoms with Crippen molar-refractivity contribution in [2.45, 2.75) is 40.0 Å². The standard InChI is InChI=1S/C12H17N5/c1-8(2)16-17-10-6-4-5-9(3)15-12-11(10)13-7-14-12/h7H,4-6H2,1-3H3,(H,13,14)/b15-9?,17-10+. The van der Waals surface area contributed by atoms with Crippen LogP contribution in [0.2, 0.25) is 0 Å². The fraction of sp³-hybridized carbons (Fsp3) is 0.500. The molecule has 2 heterocycles. The second-order valence-electron chi connectivity index (χ2n) is 4.40. The third-order valence-electron chi connectivity index (χ3n) is 2.53. The molecule has 1 N–H and O–H groups in total. The van der Waals surface area contributed by atoms with Crippen LogP contribution in [0.15, 0.2) is 21.5 Å². The average molecular weight is 231 g/mol. The topological polar surface area (TPSA) is 65.8 Å². The Bertz CT molecular complexity index is 489. The Morgan fingerprint density at radius 3 is 2.94 bits per heavy atom. The molecule has 0 radical (unpaired) electrons. The van der Waals surface area contributed by atoms with E-state index in [2.05, 4.69) is 25.2 Å². The van der Waals surface area contributed by atoms with E-state index in [0.29, 0.717) is 0 Å². The summed E-state index contributed by atoms with van der Waals surface area (Å²) in [5.41, 5.74) is 3.90. The van der Waals surface area contributed by atoms with Crippen LogP contribution in [0.5, 0.6) is 0 Å². The zero-order chi connectivity index (χ0) is 12.3. The molecule has 0 aromatic carbocycles. The summed E-state index contributed by atoms with van der Waals surface area (Å²) in [6.07, 6.45) is 4.59. The van der Waals surface area contributed by atoms with Crippen molar-refractivity contribution in [1.29, 1.82) is 0 Å². The highest BCUT2D eigenvalue weighted by molar-refractivity contribution is 6.04. The Balaban J connectivity index is 2.42. The molecule has 0 unspecified atom stereocenters. The number of imidazole rings is 1. The molecule has 0 fully saturated rings. The first-order valence-corrected chi connectivity index (χ1v) is 5.82. The van der Waals surface area contributed by atoms with Gasteiger partial charge in [0, 0.05) is 11.4 Å². The summed E-state index contributed by atoms with van der Waals surface area (Å²) >= 11 is 0. The summed E-state index contributed by atoms with van der Waals surface area (Å²) in [5, 5.41) is 8.41. The van der Waals surface area contributed by atoms with Gasteiger partial charge in [-0.15, -0.1) is 0 Å². The lowest BCUT2D eigenvalue weighted by Gasteiger charge is -2.08. The first kappa shape index (κ1) is 11.7. The smallest absolute Gasteiger partial charge is 0.179 e. The third-order valence-corrected chi connectivity index (χ3v) is 2.53. The van der Waals surface area contributed by atoms with Gasteiger partial charge in [0.2, 0.25) is 0 Å². The minimum Gasteiger partial charge on any atom is -0.342 e. The highest BCUT2D eigenvalue weighted by atomic mass is 15.2. The van der Waals surface area contributed by atoms with Gasteiger partial charge in [0.1, 0.15) is 5.69 Å². The van der Waals surface area contributed by atoms with Crippen LogP contribution in [0, 0.1) is 0 Å². The van der Waals surface area contributed by atoms with E-state index in [1.807, 2.05) is 20.8 Å². The molecule has 0 saturated carbocycles. The normalized spacial score (nSPS) is 18.1. The maximum Gasteiger partial charge on any atom is 0.179 e. The number of hydrogen-bond donors (Lipinski definition) is 1. The molecule has 90 valence electrons. The van der Waals surface area contributed by atoms with E-state index in [4.69, 9.17) is 0 Å². The second kappa shape index (κ2) is 5.03. The third kappa shape index (κ3) is 2.87. The van der Waals surface area contributed by atoms with Crippen molar-refractivity contribution in [3.8, 4) is 0 Å². The number of aromatic amines is 1. The van der Waals surface area contributed by atoms with Crippen LogP contribution in [0.3, 0.4) is 0 Å². The van der Waals surface area contributed by atoms with Gasteiger partial charge in [-0.05, 0) is 40.0 Å². The summed E-state index contributed by atoms with van der Waals surface area (Å²) in [6, 6.07) is 0. The van der Waals surface area contributed by atoms with E-state index in [1.165, 1.54) is 0 Å².